The number of hydrogen-bond acceptors (Lipinski definition) is 7. The largest absolute Gasteiger partial charge is 0.486 e. The third-order valence-corrected chi connectivity index (χ3v) is 6.23. The van der Waals surface area contributed by atoms with Crippen molar-refractivity contribution >= 4 is 27.3 Å². The Hall–Kier alpha value is -3.34. The van der Waals surface area contributed by atoms with Crippen LogP contribution in [0.1, 0.15) is 31.9 Å². The number of nitrogens with zero attached hydrogens (tertiary/aromatic N) is 2. The first-order valence-corrected chi connectivity index (χ1v) is 11.9. The second-order valence-corrected chi connectivity index (χ2v) is 9.25. The van der Waals surface area contributed by atoms with Gasteiger partial charge in [-0.15, -0.1) is 0 Å². The SMILES string of the molecule is CC[C@@H](C(=O)N[C@@H](C)c1ccc2c(c1)OCCO2)N(c1cccc([N+](=O)[O-])c1)S(C)(=O)=O. The van der Waals surface area contributed by atoms with Gasteiger partial charge in [0, 0.05) is 12.1 Å². The van der Waals surface area contributed by atoms with Crippen molar-refractivity contribution in [2.45, 2.75) is 32.4 Å². The number of fused-ring (bicyclic) bond motifs is 1. The highest BCUT2D eigenvalue weighted by molar-refractivity contribution is 7.92. The Labute approximate surface area is 186 Å². The highest BCUT2D eigenvalue weighted by atomic mass is 32.2. The van der Waals surface area contributed by atoms with E-state index in [4.69, 9.17) is 9.47 Å². The van der Waals surface area contributed by atoms with Crippen molar-refractivity contribution < 1.29 is 27.6 Å². The molecule has 3 rings (SSSR count). The van der Waals surface area contributed by atoms with E-state index in [1.54, 1.807) is 32.0 Å². The molecule has 0 unspecified atom stereocenters. The van der Waals surface area contributed by atoms with Gasteiger partial charge in [0.25, 0.3) is 5.69 Å². The van der Waals surface area contributed by atoms with Crippen molar-refractivity contribution in [2.75, 3.05) is 23.8 Å². The van der Waals surface area contributed by atoms with E-state index in [1.165, 1.54) is 18.2 Å². The molecule has 1 amide bonds. The molecule has 0 radical (unpaired) electrons. The van der Waals surface area contributed by atoms with Crippen molar-refractivity contribution in [1.82, 2.24) is 5.32 Å². The smallest absolute Gasteiger partial charge is 0.271 e. The van der Waals surface area contributed by atoms with E-state index in [2.05, 4.69) is 5.32 Å². The number of sulfonamides is 1. The summed E-state index contributed by atoms with van der Waals surface area (Å²) in [6.07, 6.45) is 1.13. The Morgan fingerprint density at radius 1 is 1.19 bits per heavy atom. The molecule has 10 nitrogen and oxygen atoms in total. The molecule has 0 aliphatic carbocycles. The average molecular weight is 464 g/mol. The molecule has 0 saturated carbocycles. The van der Waals surface area contributed by atoms with Crippen molar-refractivity contribution in [3.8, 4) is 11.5 Å². The van der Waals surface area contributed by atoms with Crippen LogP contribution in [0.3, 0.4) is 0 Å². The summed E-state index contributed by atoms with van der Waals surface area (Å²) in [5.41, 5.74) is 0.547. The third kappa shape index (κ3) is 5.10. The Morgan fingerprint density at radius 3 is 2.50 bits per heavy atom. The highest BCUT2D eigenvalue weighted by Crippen LogP contribution is 2.33. The van der Waals surface area contributed by atoms with Crippen LogP contribution in [0, 0.1) is 10.1 Å². The van der Waals surface area contributed by atoms with E-state index in [0.717, 1.165) is 22.2 Å². The van der Waals surface area contributed by atoms with Crippen LogP contribution in [-0.4, -0.2) is 44.8 Å². The van der Waals surface area contributed by atoms with Crippen LogP contribution in [0.4, 0.5) is 11.4 Å². The van der Waals surface area contributed by atoms with Gasteiger partial charge in [0.05, 0.1) is 22.9 Å². The van der Waals surface area contributed by atoms with Crippen molar-refractivity contribution in [1.29, 1.82) is 0 Å². The quantitative estimate of drug-likeness (QED) is 0.471. The number of carbonyl (C=O) groups is 1. The molecule has 0 fully saturated rings. The predicted octanol–water partition coefficient (Wildman–Crippen LogP) is 2.79. The van der Waals surface area contributed by atoms with E-state index in [-0.39, 0.29) is 17.8 Å². The lowest BCUT2D eigenvalue weighted by Gasteiger charge is -2.31. The zero-order valence-electron chi connectivity index (χ0n) is 18.0. The lowest BCUT2D eigenvalue weighted by molar-refractivity contribution is -0.384. The van der Waals surface area contributed by atoms with Gasteiger partial charge in [-0.2, -0.15) is 0 Å². The molecule has 0 saturated heterocycles. The molecule has 2 atom stereocenters. The fraction of sp³-hybridized carbons (Fsp3) is 0.381. The number of benzene rings is 2. The number of rotatable bonds is 8. The Kier molecular flexibility index (Phi) is 6.87. The Bertz CT molecular complexity index is 1120. The maximum atomic E-state index is 13.1. The van der Waals surface area contributed by atoms with E-state index in [1.807, 2.05) is 0 Å². The molecule has 1 aliphatic rings. The zero-order chi connectivity index (χ0) is 23.5. The molecular formula is C21H25N3O7S. The van der Waals surface area contributed by atoms with Crippen molar-refractivity contribution in [3.63, 3.8) is 0 Å². The zero-order valence-corrected chi connectivity index (χ0v) is 18.8. The lowest BCUT2D eigenvalue weighted by atomic mass is 10.1. The summed E-state index contributed by atoms with van der Waals surface area (Å²) in [6, 6.07) is 9.00. The maximum Gasteiger partial charge on any atom is 0.271 e. The summed E-state index contributed by atoms with van der Waals surface area (Å²) in [5.74, 6) is 0.682. The molecule has 0 aromatic heterocycles. The minimum Gasteiger partial charge on any atom is -0.486 e. The second-order valence-electron chi connectivity index (χ2n) is 7.39. The van der Waals surface area contributed by atoms with E-state index in [0.29, 0.717) is 24.7 Å². The summed E-state index contributed by atoms with van der Waals surface area (Å²) in [4.78, 5) is 23.6. The van der Waals surface area contributed by atoms with Gasteiger partial charge in [0.2, 0.25) is 15.9 Å². The Balaban J connectivity index is 1.86. The van der Waals surface area contributed by atoms with Gasteiger partial charge in [0.15, 0.2) is 11.5 Å². The lowest BCUT2D eigenvalue weighted by Crippen LogP contribution is -2.49. The van der Waals surface area contributed by atoms with Gasteiger partial charge in [0.1, 0.15) is 19.3 Å². The maximum absolute atomic E-state index is 13.1. The number of amides is 1. The van der Waals surface area contributed by atoms with Crippen molar-refractivity contribution in [2.24, 2.45) is 0 Å². The van der Waals surface area contributed by atoms with Crippen LogP contribution in [0.2, 0.25) is 0 Å². The molecule has 32 heavy (non-hydrogen) atoms. The fourth-order valence-electron chi connectivity index (χ4n) is 3.53. The van der Waals surface area contributed by atoms with Crippen LogP contribution in [0.5, 0.6) is 11.5 Å². The summed E-state index contributed by atoms with van der Waals surface area (Å²) >= 11 is 0. The van der Waals surface area contributed by atoms with Gasteiger partial charge >= 0.3 is 0 Å². The number of non-ortho nitro benzene ring substituents is 1. The molecular weight excluding hydrogens is 438 g/mol. The summed E-state index contributed by atoms with van der Waals surface area (Å²) in [5, 5.41) is 14.0. The van der Waals surface area contributed by atoms with Crippen LogP contribution in [-0.2, 0) is 14.8 Å². The summed E-state index contributed by atoms with van der Waals surface area (Å²) in [6.45, 7) is 4.35. The minimum absolute atomic E-state index is 0.0516. The first kappa shape index (κ1) is 23.3. The van der Waals surface area contributed by atoms with Crippen LogP contribution in [0.15, 0.2) is 42.5 Å². The number of carbonyl (C=O) groups excluding carboxylic acids is 1. The topological polar surface area (TPSA) is 128 Å². The molecule has 2 aromatic rings. The van der Waals surface area contributed by atoms with Crippen LogP contribution in [0.25, 0.3) is 0 Å². The standard InChI is InChI=1S/C21H25N3O7S/c1-4-18(23(32(3,28)29)16-6-5-7-17(13-16)24(26)27)21(25)22-14(2)15-8-9-19-20(12-15)31-11-10-30-19/h5-9,12-14,18H,4,10-11H2,1-3H3,(H,22,25)/t14-,18-/m0/s1. The average Bonchev–Trinajstić information content (AvgIpc) is 2.76. The number of nitro groups is 1. The predicted molar refractivity (Wildman–Crippen MR) is 118 cm³/mol. The number of nitrogens with one attached hydrogen (secondary N) is 1. The number of anilines is 1. The van der Waals surface area contributed by atoms with E-state index in [9.17, 15) is 23.3 Å². The minimum atomic E-state index is -3.92. The number of nitro benzene ring substituents is 1. The van der Waals surface area contributed by atoms with E-state index >= 15 is 0 Å². The van der Waals surface area contributed by atoms with Gasteiger partial charge in [-0.05, 0) is 37.1 Å². The molecule has 1 N–H and O–H groups in total. The van der Waals surface area contributed by atoms with Gasteiger partial charge in [-0.3, -0.25) is 19.2 Å². The first-order chi connectivity index (χ1) is 15.1. The summed E-state index contributed by atoms with van der Waals surface area (Å²) < 4.78 is 37.2. The second kappa shape index (κ2) is 9.43. The normalized spacial score (nSPS) is 14.8. The molecule has 1 heterocycles. The highest BCUT2D eigenvalue weighted by Gasteiger charge is 2.33. The summed E-state index contributed by atoms with van der Waals surface area (Å²) in [7, 11) is -3.92. The van der Waals surface area contributed by atoms with Crippen molar-refractivity contribution in [3.05, 3.63) is 58.1 Å². The van der Waals surface area contributed by atoms with Gasteiger partial charge < -0.3 is 14.8 Å². The first-order valence-electron chi connectivity index (χ1n) is 10.1. The molecule has 172 valence electrons. The van der Waals surface area contributed by atoms with Crippen LogP contribution < -0.4 is 19.1 Å². The number of ether oxygens (including phenoxy) is 2. The van der Waals surface area contributed by atoms with E-state index < -0.39 is 32.9 Å². The van der Waals surface area contributed by atoms with Gasteiger partial charge in [-0.1, -0.05) is 19.1 Å². The fourth-order valence-corrected chi connectivity index (χ4v) is 4.73. The molecule has 2 aromatic carbocycles. The molecule has 11 heteroatoms. The monoisotopic (exact) mass is 463 g/mol. The number of hydrogen-bond donors (Lipinski definition) is 1. The molecule has 1 aliphatic heterocycles. The van der Waals surface area contributed by atoms with Gasteiger partial charge in [-0.25, -0.2) is 8.42 Å². The third-order valence-electron chi connectivity index (χ3n) is 5.05. The van der Waals surface area contributed by atoms with Crippen LogP contribution >= 0.6 is 0 Å². The molecule has 0 spiro atoms. The molecule has 0 bridgehead atoms. The Morgan fingerprint density at radius 2 is 1.88 bits per heavy atom.